The SMILES string of the molecule is COc1ccc(-c2cccc(OCc3ccccc3)c2)cc1. The molecule has 0 fully saturated rings. The van der Waals surface area contributed by atoms with Gasteiger partial charge in [0, 0.05) is 0 Å². The van der Waals surface area contributed by atoms with E-state index in [0.717, 1.165) is 28.2 Å². The van der Waals surface area contributed by atoms with Gasteiger partial charge < -0.3 is 9.47 Å². The maximum atomic E-state index is 5.87. The molecule has 110 valence electrons. The second-order valence-corrected chi connectivity index (χ2v) is 5.03. The van der Waals surface area contributed by atoms with Crippen molar-refractivity contribution < 1.29 is 9.47 Å². The van der Waals surface area contributed by atoms with Gasteiger partial charge in [-0.15, -0.1) is 0 Å². The Balaban J connectivity index is 1.74. The monoisotopic (exact) mass is 290 g/mol. The molecule has 2 nitrogen and oxygen atoms in total. The minimum absolute atomic E-state index is 0.576. The van der Waals surface area contributed by atoms with E-state index >= 15 is 0 Å². The minimum Gasteiger partial charge on any atom is -0.497 e. The number of hydrogen-bond acceptors (Lipinski definition) is 2. The van der Waals surface area contributed by atoms with Gasteiger partial charge in [-0.2, -0.15) is 0 Å². The summed E-state index contributed by atoms with van der Waals surface area (Å²) in [5.41, 5.74) is 3.44. The van der Waals surface area contributed by atoms with Gasteiger partial charge in [0.05, 0.1) is 7.11 Å². The highest BCUT2D eigenvalue weighted by atomic mass is 16.5. The highest BCUT2D eigenvalue weighted by Crippen LogP contribution is 2.26. The van der Waals surface area contributed by atoms with Gasteiger partial charge in [-0.3, -0.25) is 0 Å². The van der Waals surface area contributed by atoms with E-state index in [0.29, 0.717) is 6.61 Å². The third kappa shape index (κ3) is 3.47. The van der Waals surface area contributed by atoms with Crippen LogP contribution in [0, 0.1) is 0 Å². The predicted molar refractivity (Wildman–Crippen MR) is 89.2 cm³/mol. The van der Waals surface area contributed by atoms with Gasteiger partial charge in [-0.05, 0) is 41.0 Å². The van der Waals surface area contributed by atoms with E-state index in [9.17, 15) is 0 Å². The number of ether oxygens (including phenoxy) is 2. The first-order valence-corrected chi connectivity index (χ1v) is 7.26. The molecule has 0 heterocycles. The van der Waals surface area contributed by atoms with Gasteiger partial charge in [-0.1, -0.05) is 54.6 Å². The van der Waals surface area contributed by atoms with Gasteiger partial charge >= 0.3 is 0 Å². The lowest BCUT2D eigenvalue weighted by molar-refractivity contribution is 0.306. The normalized spacial score (nSPS) is 10.2. The van der Waals surface area contributed by atoms with Gasteiger partial charge in [0.1, 0.15) is 18.1 Å². The van der Waals surface area contributed by atoms with Crippen molar-refractivity contribution in [3.63, 3.8) is 0 Å². The molecule has 3 rings (SSSR count). The van der Waals surface area contributed by atoms with Gasteiger partial charge in [0.2, 0.25) is 0 Å². The number of hydrogen-bond donors (Lipinski definition) is 0. The number of rotatable bonds is 5. The van der Waals surface area contributed by atoms with Crippen molar-refractivity contribution in [1.82, 2.24) is 0 Å². The molecule has 0 bridgehead atoms. The Morgan fingerprint density at radius 1 is 0.682 bits per heavy atom. The average molecular weight is 290 g/mol. The highest BCUT2D eigenvalue weighted by Gasteiger charge is 2.01. The zero-order valence-corrected chi connectivity index (χ0v) is 12.5. The molecule has 0 N–H and O–H groups in total. The lowest BCUT2D eigenvalue weighted by Crippen LogP contribution is -1.95. The predicted octanol–water partition coefficient (Wildman–Crippen LogP) is 4.94. The molecule has 0 saturated carbocycles. The van der Waals surface area contributed by atoms with Crippen molar-refractivity contribution in [2.45, 2.75) is 6.61 Å². The summed E-state index contributed by atoms with van der Waals surface area (Å²) in [5, 5.41) is 0. The van der Waals surface area contributed by atoms with Crippen LogP contribution in [0.3, 0.4) is 0 Å². The lowest BCUT2D eigenvalue weighted by atomic mass is 10.1. The minimum atomic E-state index is 0.576. The first-order chi connectivity index (χ1) is 10.8. The molecule has 0 radical (unpaired) electrons. The third-order valence-electron chi connectivity index (χ3n) is 3.51. The Morgan fingerprint density at radius 2 is 1.45 bits per heavy atom. The molecule has 0 atom stereocenters. The molecule has 0 aliphatic carbocycles. The molecule has 0 unspecified atom stereocenters. The lowest BCUT2D eigenvalue weighted by Gasteiger charge is -2.09. The molecule has 3 aromatic carbocycles. The summed E-state index contributed by atoms with van der Waals surface area (Å²) in [6.45, 7) is 0.576. The van der Waals surface area contributed by atoms with Crippen molar-refractivity contribution in [1.29, 1.82) is 0 Å². The molecule has 0 aliphatic heterocycles. The van der Waals surface area contributed by atoms with Crippen LogP contribution >= 0.6 is 0 Å². The first kappa shape index (κ1) is 14.2. The molecule has 0 spiro atoms. The van der Waals surface area contributed by atoms with Crippen LogP contribution in [0.25, 0.3) is 11.1 Å². The summed E-state index contributed by atoms with van der Waals surface area (Å²) in [5.74, 6) is 1.73. The van der Waals surface area contributed by atoms with Crippen LogP contribution in [-0.2, 0) is 6.61 Å². The van der Waals surface area contributed by atoms with Crippen molar-refractivity contribution in [2.75, 3.05) is 7.11 Å². The molecule has 2 heteroatoms. The van der Waals surface area contributed by atoms with Crippen LogP contribution in [0.4, 0.5) is 0 Å². The summed E-state index contributed by atoms with van der Waals surface area (Å²) >= 11 is 0. The smallest absolute Gasteiger partial charge is 0.120 e. The highest BCUT2D eigenvalue weighted by molar-refractivity contribution is 5.65. The largest absolute Gasteiger partial charge is 0.497 e. The molecule has 0 aromatic heterocycles. The fraction of sp³-hybridized carbons (Fsp3) is 0.100. The standard InChI is InChI=1S/C20H18O2/c1-21-19-12-10-17(11-13-19)18-8-5-9-20(14-18)22-15-16-6-3-2-4-7-16/h2-14H,15H2,1H3. The Bertz CT molecular complexity index is 718. The summed E-state index contributed by atoms with van der Waals surface area (Å²) in [6, 6.07) is 26.3. The molecule has 0 aliphatic rings. The Morgan fingerprint density at radius 3 is 2.18 bits per heavy atom. The van der Waals surface area contributed by atoms with E-state index in [1.54, 1.807) is 7.11 Å². The van der Waals surface area contributed by atoms with Crippen LogP contribution in [-0.4, -0.2) is 7.11 Å². The summed E-state index contributed by atoms with van der Waals surface area (Å²) in [7, 11) is 1.67. The van der Waals surface area contributed by atoms with Crippen molar-refractivity contribution in [3.8, 4) is 22.6 Å². The van der Waals surface area contributed by atoms with Crippen molar-refractivity contribution >= 4 is 0 Å². The van der Waals surface area contributed by atoms with E-state index in [4.69, 9.17) is 9.47 Å². The third-order valence-corrected chi connectivity index (χ3v) is 3.51. The van der Waals surface area contributed by atoms with E-state index in [-0.39, 0.29) is 0 Å². The molecule has 3 aromatic rings. The van der Waals surface area contributed by atoms with Crippen LogP contribution in [0.1, 0.15) is 5.56 Å². The average Bonchev–Trinajstić information content (AvgIpc) is 2.61. The Hall–Kier alpha value is -2.74. The summed E-state index contributed by atoms with van der Waals surface area (Å²) in [4.78, 5) is 0. The van der Waals surface area contributed by atoms with E-state index in [1.165, 1.54) is 0 Å². The zero-order valence-electron chi connectivity index (χ0n) is 12.5. The van der Waals surface area contributed by atoms with Gasteiger partial charge in [0.25, 0.3) is 0 Å². The van der Waals surface area contributed by atoms with Gasteiger partial charge in [0.15, 0.2) is 0 Å². The number of benzene rings is 3. The van der Waals surface area contributed by atoms with E-state index in [1.807, 2.05) is 42.5 Å². The van der Waals surface area contributed by atoms with Crippen LogP contribution in [0.15, 0.2) is 78.9 Å². The van der Waals surface area contributed by atoms with Crippen LogP contribution in [0.2, 0.25) is 0 Å². The molecule has 22 heavy (non-hydrogen) atoms. The maximum Gasteiger partial charge on any atom is 0.120 e. The molecule has 0 amide bonds. The second-order valence-electron chi connectivity index (χ2n) is 5.03. The fourth-order valence-electron chi connectivity index (χ4n) is 2.29. The molecule has 0 saturated heterocycles. The van der Waals surface area contributed by atoms with E-state index in [2.05, 4.69) is 36.4 Å². The van der Waals surface area contributed by atoms with E-state index < -0.39 is 0 Å². The van der Waals surface area contributed by atoms with Crippen LogP contribution < -0.4 is 9.47 Å². The van der Waals surface area contributed by atoms with Gasteiger partial charge in [-0.25, -0.2) is 0 Å². The van der Waals surface area contributed by atoms with Crippen LogP contribution in [0.5, 0.6) is 11.5 Å². The zero-order chi connectivity index (χ0) is 15.2. The Kier molecular flexibility index (Phi) is 4.40. The topological polar surface area (TPSA) is 18.5 Å². The summed E-state index contributed by atoms with van der Waals surface area (Å²) < 4.78 is 11.1. The molecular weight excluding hydrogens is 272 g/mol. The maximum absolute atomic E-state index is 5.87. The van der Waals surface area contributed by atoms with Crippen molar-refractivity contribution in [2.24, 2.45) is 0 Å². The van der Waals surface area contributed by atoms with Crippen molar-refractivity contribution in [3.05, 3.63) is 84.4 Å². The number of methoxy groups -OCH3 is 1. The fourth-order valence-corrected chi connectivity index (χ4v) is 2.29. The second kappa shape index (κ2) is 6.81. The first-order valence-electron chi connectivity index (χ1n) is 7.26. The Labute approximate surface area is 131 Å². The quantitative estimate of drug-likeness (QED) is 0.662. The summed E-state index contributed by atoms with van der Waals surface area (Å²) in [6.07, 6.45) is 0. The molecular formula is C20H18O2.